The Morgan fingerprint density at radius 1 is 1.37 bits per heavy atom. The molecule has 0 spiro atoms. The molecule has 1 unspecified atom stereocenters. The fourth-order valence-corrected chi connectivity index (χ4v) is 5.27. The first-order valence-corrected chi connectivity index (χ1v) is 10.5. The first kappa shape index (κ1) is 16.7. The van der Waals surface area contributed by atoms with Crippen LogP contribution in [-0.4, -0.2) is 33.3 Å². The number of amides is 1. The summed E-state index contributed by atoms with van der Waals surface area (Å²) in [6.45, 7) is 2.71. The molecule has 1 amide bonds. The van der Waals surface area contributed by atoms with Crippen LogP contribution in [0, 0.1) is 5.92 Å². The lowest BCUT2D eigenvalue weighted by Crippen LogP contribution is -2.25. The van der Waals surface area contributed by atoms with Crippen LogP contribution in [0.15, 0.2) is 29.9 Å². The van der Waals surface area contributed by atoms with E-state index in [-0.39, 0.29) is 17.9 Å². The third kappa shape index (κ3) is 2.89. The lowest BCUT2D eigenvalue weighted by molar-refractivity contribution is -0.119. The van der Waals surface area contributed by atoms with E-state index in [2.05, 4.69) is 33.6 Å². The van der Waals surface area contributed by atoms with Gasteiger partial charge in [0.05, 0.1) is 32.1 Å². The molecule has 1 aliphatic rings. The van der Waals surface area contributed by atoms with Crippen molar-refractivity contribution in [2.45, 2.75) is 19.4 Å². The fourth-order valence-electron chi connectivity index (χ4n) is 3.51. The minimum Gasteiger partial charge on any atom is -0.489 e. The first-order valence-electron chi connectivity index (χ1n) is 8.81. The van der Waals surface area contributed by atoms with Crippen LogP contribution in [0.3, 0.4) is 0 Å². The van der Waals surface area contributed by atoms with Crippen molar-refractivity contribution in [2.75, 3.05) is 6.54 Å². The van der Waals surface area contributed by atoms with Crippen molar-refractivity contribution in [2.24, 2.45) is 13.0 Å². The Bertz CT molecular complexity index is 1160. The van der Waals surface area contributed by atoms with E-state index < -0.39 is 0 Å². The van der Waals surface area contributed by atoms with Crippen molar-refractivity contribution in [1.82, 2.24) is 20.1 Å². The smallest absolute Gasteiger partial charge is 0.220 e. The van der Waals surface area contributed by atoms with Crippen molar-refractivity contribution < 1.29 is 9.53 Å². The molecule has 0 aliphatic carbocycles. The number of thiazole rings is 1. The molecule has 1 N–H and O–H groups in total. The average molecular weight is 399 g/mol. The summed E-state index contributed by atoms with van der Waals surface area (Å²) in [5, 5.41) is 7.19. The number of hydrogen-bond acceptors (Lipinski definition) is 6. The Kier molecular flexibility index (Phi) is 3.91. The molecule has 0 saturated carbocycles. The fraction of sp³-hybridized carbons (Fsp3) is 0.316. The Morgan fingerprint density at radius 2 is 2.26 bits per heavy atom. The molecular weight excluding hydrogens is 380 g/mol. The van der Waals surface area contributed by atoms with Crippen LogP contribution in [0.2, 0.25) is 0 Å². The zero-order valence-electron chi connectivity index (χ0n) is 14.9. The number of benzene rings is 1. The van der Waals surface area contributed by atoms with Crippen molar-refractivity contribution in [3.05, 3.63) is 29.9 Å². The van der Waals surface area contributed by atoms with Gasteiger partial charge in [-0.15, -0.1) is 22.7 Å². The molecule has 5 rings (SSSR count). The third-order valence-corrected chi connectivity index (χ3v) is 7.07. The minimum atomic E-state index is -0.0453. The van der Waals surface area contributed by atoms with Gasteiger partial charge in [0, 0.05) is 30.8 Å². The van der Waals surface area contributed by atoms with Gasteiger partial charge in [-0.1, -0.05) is 0 Å². The van der Waals surface area contributed by atoms with E-state index in [1.54, 1.807) is 22.7 Å². The molecule has 0 bridgehead atoms. The molecule has 2 atom stereocenters. The zero-order valence-corrected chi connectivity index (χ0v) is 16.6. The molecule has 8 heteroatoms. The van der Waals surface area contributed by atoms with E-state index in [4.69, 9.17) is 4.74 Å². The monoisotopic (exact) mass is 398 g/mol. The van der Waals surface area contributed by atoms with Gasteiger partial charge < -0.3 is 10.1 Å². The summed E-state index contributed by atoms with van der Waals surface area (Å²) in [5.41, 5.74) is 5.01. The van der Waals surface area contributed by atoms with Crippen molar-refractivity contribution in [1.29, 1.82) is 0 Å². The molecule has 1 aliphatic heterocycles. The highest BCUT2D eigenvalue weighted by atomic mass is 32.1. The van der Waals surface area contributed by atoms with E-state index in [0.717, 1.165) is 31.7 Å². The van der Waals surface area contributed by atoms with Crippen molar-refractivity contribution in [3.63, 3.8) is 0 Å². The Hall–Kier alpha value is -2.45. The number of nitrogens with one attached hydrogen (secondary N) is 1. The number of thiophene rings is 1. The maximum atomic E-state index is 11.5. The normalized spacial score (nSPS) is 18.3. The van der Waals surface area contributed by atoms with Crippen LogP contribution < -0.4 is 10.1 Å². The largest absolute Gasteiger partial charge is 0.489 e. The van der Waals surface area contributed by atoms with Crippen LogP contribution in [0.25, 0.3) is 30.9 Å². The zero-order chi connectivity index (χ0) is 18.5. The van der Waals surface area contributed by atoms with Crippen LogP contribution in [-0.2, 0) is 11.8 Å². The predicted octanol–water partition coefficient (Wildman–Crippen LogP) is 3.81. The summed E-state index contributed by atoms with van der Waals surface area (Å²) in [7, 11) is 1.95. The van der Waals surface area contributed by atoms with Crippen LogP contribution >= 0.6 is 22.7 Å². The van der Waals surface area contributed by atoms with Crippen molar-refractivity contribution in [3.8, 4) is 16.2 Å². The molecule has 6 nitrogen and oxygen atoms in total. The van der Waals surface area contributed by atoms with Gasteiger partial charge in [0.15, 0.2) is 0 Å². The van der Waals surface area contributed by atoms with Gasteiger partial charge >= 0.3 is 0 Å². The number of nitrogens with zero attached hydrogens (tertiary/aromatic N) is 3. The number of ether oxygens (including phenoxy) is 1. The van der Waals surface area contributed by atoms with Gasteiger partial charge in [-0.25, -0.2) is 4.98 Å². The molecule has 3 aromatic heterocycles. The summed E-state index contributed by atoms with van der Waals surface area (Å²) in [5.74, 6) is 1.14. The maximum Gasteiger partial charge on any atom is 0.220 e. The number of carbonyl (C=O) groups excluding carboxylic acids is 1. The topological polar surface area (TPSA) is 69.0 Å². The first-order chi connectivity index (χ1) is 13.1. The second-order valence-electron chi connectivity index (χ2n) is 6.89. The van der Waals surface area contributed by atoms with Crippen LogP contribution in [0.1, 0.15) is 13.3 Å². The summed E-state index contributed by atoms with van der Waals surface area (Å²) >= 11 is 3.30. The molecular formula is C19H18N4O2S2. The highest BCUT2D eigenvalue weighted by Gasteiger charge is 2.28. The van der Waals surface area contributed by atoms with E-state index in [9.17, 15) is 4.79 Å². The van der Waals surface area contributed by atoms with Crippen LogP contribution in [0.5, 0.6) is 5.75 Å². The van der Waals surface area contributed by atoms with Crippen LogP contribution in [0.4, 0.5) is 0 Å². The maximum absolute atomic E-state index is 11.5. The van der Waals surface area contributed by atoms with Gasteiger partial charge in [-0.3, -0.25) is 9.48 Å². The number of fused-ring (bicyclic) bond motifs is 2. The second-order valence-corrected chi connectivity index (χ2v) is 8.83. The predicted molar refractivity (Wildman–Crippen MR) is 108 cm³/mol. The number of carbonyl (C=O) groups is 1. The molecule has 4 heterocycles. The average Bonchev–Trinajstić information content (AvgIpc) is 3.40. The van der Waals surface area contributed by atoms with E-state index >= 15 is 0 Å². The number of rotatable bonds is 4. The molecule has 138 valence electrons. The summed E-state index contributed by atoms with van der Waals surface area (Å²) in [6.07, 6.45) is 2.38. The lowest BCUT2D eigenvalue weighted by Gasteiger charge is -2.20. The van der Waals surface area contributed by atoms with Gasteiger partial charge in [0.25, 0.3) is 0 Å². The van der Waals surface area contributed by atoms with Gasteiger partial charge in [0.1, 0.15) is 11.9 Å². The van der Waals surface area contributed by atoms with E-state index in [1.807, 2.05) is 30.4 Å². The molecule has 4 aromatic rings. The number of hydrogen-bond donors (Lipinski definition) is 1. The van der Waals surface area contributed by atoms with Gasteiger partial charge in [-0.05, 0) is 30.7 Å². The molecule has 27 heavy (non-hydrogen) atoms. The Labute approximate surface area is 163 Å². The number of aryl methyl sites for hydroxylation is 1. The Morgan fingerprint density at radius 3 is 3.04 bits per heavy atom. The minimum absolute atomic E-state index is 0.0453. The van der Waals surface area contributed by atoms with Gasteiger partial charge in [0.2, 0.25) is 5.91 Å². The standard InChI is InChI=1S/C19H18N4O2S2/c1-10(12-5-18(24)20-7-12)25-15-4-11(3-13-19(15)26-9-21-13)16-6-14-17(27-16)8-22-23(14)2/h3-4,6,8-10,12H,5,7H2,1-2H3,(H,20,24)/t10?,12-/m1/s1. The summed E-state index contributed by atoms with van der Waals surface area (Å²) in [4.78, 5) is 17.2. The summed E-state index contributed by atoms with van der Waals surface area (Å²) < 4.78 is 10.4. The van der Waals surface area contributed by atoms with Crippen molar-refractivity contribution >= 4 is 49.0 Å². The number of aromatic nitrogens is 3. The molecule has 1 aromatic carbocycles. The highest BCUT2D eigenvalue weighted by molar-refractivity contribution is 7.22. The van der Waals surface area contributed by atoms with E-state index in [0.29, 0.717) is 13.0 Å². The highest BCUT2D eigenvalue weighted by Crippen LogP contribution is 2.39. The lowest BCUT2D eigenvalue weighted by atomic mass is 10.0. The SMILES string of the molecule is CC(Oc1cc(-c2cc3c(cnn3C)s2)cc2ncsc12)[C@H]1CNC(=O)C1. The molecule has 1 fully saturated rings. The third-order valence-electron chi connectivity index (χ3n) is 5.10. The van der Waals surface area contributed by atoms with Gasteiger partial charge in [-0.2, -0.15) is 5.10 Å². The molecule has 0 radical (unpaired) electrons. The Balaban J connectivity index is 1.53. The van der Waals surface area contributed by atoms with E-state index in [1.165, 1.54) is 4.88 Å². The summed E-state index contributed by atoms with van der Waals surface area (Å²) in [6, 6.07) is 6.37. The second kappa shape index (κ2) is 6.31. The molecule has 1 saturated heterocycles. The quantitative estimate of drug-likeness (QED) is 0.567.